The van der Waals surface area contributed by atoms with Crippen molar-refractivity contribution in [2.45, 2.75) is 11.3 Å². The van der Waals surface area contributed by atoms with Gasteiger partial charge < -0.3 is 9.26 Å². The molecule has 2 aromatic carbocycles. The topological polar surface area (TPSA) is 107 Å². The Labute approximate surface area is 173 Å². The lowest BCUT2D eigenvalue weighted by Crippen LogP contribution is -2.15. The molecule has 4 aromatic rings. The van der Waals surface area contributed by atoms with E-state index in [0.29, 0.717) is 23.0 Å². The molecule has 0 aliphatic rings. The van der Waals surface area contributed by atoms with E-state index in [1.165, 1.54) is 13.2 Å². The molecule has 0 aliphatic heterocycles. The molecule has 9 heteroatoms. The summed E-state index contributed by atoms with van der Waals surface area (Å²) in [6.07, 6.45) is 3.56. The van der Waals surface area contributed by atoms with Crippen LogP contribution in [0.2, 0.25) is 0 Å². The van der Waals surface area contributed by atoms with Gasteiger partial charge in [-0.2, -0.15) is 4.98 Å². The van der Waals surface area contributed by atoms with Gasteiger partial charge in [0.05, 0.1) is 19.2 Å². The predicted molar refractivity (Wildman–Crippen MR) is 111 cm³/mol. The van der Waals surface area contributed by atoms with Crippen molar-refractivity contribution in [3.63, 3.8) is 0 Å². The zero-order valence-corrected chi connectivity index (χ0v) is 16.8. The van der Waals surface area contributed by atoms with E-state index in [0.717, 1.165) is 5.56 Å². The lowest BCUT2D eigenvalue weighted by Gasteiger charge is -2.13. The summed E-state index contributed by atoms with van der Waals surface area (Å²) in [4.78, 5) is 8.42. The van der Waals surface area contributed by atoms with Gasteiger partial charge in [0.15, 0.2) is 0 Å². The molecule has 0 aliphatic carbocycles. The molecule has 0 unspecified atom stereocenters. The normalized spacial score (nSPS) is 11.2. The van der Waals surface area contributed by atoms with Crippen LogP contribution in [0.15, 0.2) is 82.5 Å². The molecule has 0 saturated heterocycles. The van der Waals surface area contributed by atoms with Gasteiger partial charge in [0.2, 0.25) is 11.7 Å². The number of methoxy groups -OCH3 is 1. The lowest BCUT2D eigenvalue weighted by atomic mass is 10.1. The minimum absolute atomic E-state index is 0.0556. The fraction of sp³-hybridized carbons (Fsp3) is 0.0952. The number of pyridine rings is 1. The molecule has 0 bridgehead atoms. The third-order valence-electron chi connectivity index (χ3n) is 4.37. The van der Waals surface area contributed by atoms with Crippen molar-refractivity contribution in [2.75, 3.05) is 11.8 Å². The fourth-order valence-electron chi connectivity index (χ4n) is 2.92. The second-order valence-electron chi connectivity index (χ2n) is 6.34. The van der Waals surface area contributed by atoms with Gasteiger partial charge >= 0.3 is 0 Å². The molecule has 0 spiro atoms. The molecule has 0 atom stereocenters. The van der Waals surface area contributed by atoms with Crippen molar-refractivity contribution in [1.82, 2.24) is 15.1 Å². The summed E-state index contributed by atoms with van der Waals surface area (Å²) in [6, 6.07) is 17.1. The highest BCUT2D eigenvalue weighted by atomic mass is 32.2. The molecule has 2 heterocycles. The highest BCUT2D eigenvalue weighted by Gasteiger charge is 2.21. The molecule has 8 nitrogen and oxygen atoms in total. The van der Waals surface area contributed by atoms with Crippen LogP contribution in [0.3, 0.4) is 0 Å². The van der Waals surface area contributed by atoms with Crippen LogP contribution >= 0.6 is 0 Å². The number of hydrogen-bond donors (Lipinski definition) is 1. The van der Waals surface area contributed by atoms with Crippen LogP contribution in [-0.4, -0.2) is 30.7 Å². The molecule has 4 rings (SSSR count). The molecule has 152 valence electrons. The molecule has 30 heavy (non-hydrogen) atoms. The Morgan fingerprint density at radius 1 is 1.00 bits per heavy atom. The number of rotatable bonds is 7. The summed E-state index contributed by atoms with van der Waals surface area (Å²) in [6.45, 7) is 0. The number of nitrogens with one attached hydrogen (secondary N) is 1. The number of para-hydroxylation sites is 2. The summed E-state index contributed by atoms with van der Waals surface area (Å²) in [5, 5.41) is 3.99. The average molecular weight is 422 g/mol. The smallest absolute Gasteiger partial charge is 0.265 e. The van der Waals surface area contributed by atoms with Gasteiger partial charge in [0, 0.05) is 18.0 Å². The molecule has 1 N–H and O–H groups in total. The summed E-state index contributed by atoms with van der Waals surface area (Å²) < 4.78 is 39.0. The Balaban J connectivity index is 1.60. The molecular weight excluding hydrogens is 404 g/mol. The van der Waals surface area contributed by atoms with Gasteiger partial charge in [-0.3, -0.25) is 9.71 Å². The zero-order chi connectivity index (χ0) is 21.0. The van der Waals surface area contributed by atoms with Crippen LogP contribution in [0.1, 0.15) is 11.5 Å². The number of sulfonamides is 1. The van der Waals surface area contributed by atoms with E-state index >= 15 is 0 Å². The monoisotopic (exact) mass is 422 g/mol. The van der Waals surface area contributed by atoms with Crippen molar-refractivity contribution in [2.24, 2.45) is 0 Å². The van der Waals surface area contributed by atoms with Gasteiger partial charge in [-0.05, 0) is 35.9 Å². The highest BCUT2D eigenvalue weighted by molar-refractivity contribution is 7.92. The Morgan fingerprint density at radius 2 is 1.73 bits per heavy atom. The molecular formula is C21H18N4O4S. The quantitative estimate of drug-likeness (QED) is 0.485. The van der Waals surface area contributed by atoms with E-state index in [9.17, 15) is 8.42 Å². The number of aromatic nitrogens is 3. The van der Waals surface area contributed by atoms with E-state index in [2.05, 4.69) is 19.8 Å². The van der Waals surface area contributed by atoms with Crippen molar-refractivity contribution in [1.29, 1.82) is 0 Å². The summed E-state index contributed by atoms with van der Waals surface area (Å²) in [5.41, 5.74) is 1.90. The largest absolute Gasteiger partial charge is 0.495 e. The summed E-state index contributed by atoms with van der Waals surface area (Å²) in [7, 11) is -2.43. The number of anilines is 1. The van der Waals surface area contributed by atoms with Crippen molar-refractivity contribution >= 4 is 15.7 Å². The number of ether oxygens (including phenoxy) is 1. The molecule has 0 saturated carbocycles. The van der Waals surface area contributed by atoms with E-state index in [4.69, 9.17) is 9.26 Å². The first kappa shape index (κ1) is 19.6. The SMILES string of the molecule is COc1ccccc1S(=O)(=O)Nc1ccccc1Cc1nc(-c2ccncc2)no1. The predicted octanol–water partition coefficient (Wildman–Crippen LogP) is 3.53. The van der Waals surface area contributed by atoms with Gasteiger partial charge in [-0.1, -0.05) is 35.5 Å². The average Bonchev–Trinajstić information content (AvgIpc) is 3.24. The van der Waals surface area contributed by atoms with Crippen molar-refractivity contribution in [3.8, 4) is 17.1 Å². The van der Waals surface area contributed by atoms with Crippen LogP contribution in [-0.2, 0) is 16.4 Å². The summed E-state index contributed by atoms with van der Waals surface area (Å²) >= 11 is 0. The summed E-state index contributed by atoms with van der Waals surface area (Å²) in [5.74, 6) is 1.08. The number of nitrogens with zero attached hydrogens (tertiary/aromatic N) is 3. The Morgan fingerprint density at radius 3 is 2.53 bits per heavy atom. The van der Waals surface area contributed by atoms with Gasteiger partial charge in [0.25, 0.3) is 10.0 Å². The molecule has 0 radical (unpaired) electrons. The van der Waals surface area contributed by atoms with Crippen molar-refractivity contribution < 1.29 is 17.7 Å². The number of benzene rings is 2. The first-order chi connectivity index (χ1) is 14.6. The van der Waals surface area contributed by atoms with E-state index < -0.39 is 10.0 Å². The Bertz CT molecular complexity index is 1260. The third kappa shape index (κ3) is 4.15. The molecule has 2 aromatic heterocycles. The molecule has 0 amide bonds. The third-order valence-corrected chi connectivity index (χ3v) is 5.77. The van der Waals surface area contributed by atoms with Gasteiger partial charge in [-0.15, -0.1) is 0 Å². The highest BCUT2D eigenvalue weighted by Crippen LogP contribution is 2.27. The van der Waals surface area contributed by atoms with Crippen LogP contribution in [0.4, 0.5) is 5.69 Å². The first-order valence-corrected chi connectivity index (χ1v) is 10.5. The van der Waals surface area contributed by atoms with Crippen LogP contribution in [0, 0.1) is 0 Å². The maximum absolute atomic E-state index is 12.9. The maximum atomic E-state index is 12.9. The molecule has 0 fully saturated rings. The minimum Gasteiger partial charge on any atom is -0.495 e. The maximum Gasteiger partial charge on any atom is 0.265 e. The zero-order valence-electron chi connectivity index (χ0n) is 16.0. The second-order valence-corrected chi connectivity index (χ2v) is 7.99. The standard InChI is InChI=1S/C21H18N4O4S/c1-28-18-8-4-5-9-19(18)30(26,27)25-17-7-3-2-6-16(17)14-20-23-21(24-29-20)15-10-12-22-13-11-15/h2-13,25H,14H2,1H3. The lowest BCUT2D eigenvalue weighted by molar-refractivity contribution is 0.386. The fourth-order valence-corrected chi connectivity index (χ4v) is 4.19. The van der Waals surface area contributed by atoms with Gasteiger partial charge in [0.1, 0.15) is 10.6 Å². The van der Waals surface area contributed by atoms with Gasteiger partial charge in [-0.25, -0.2) is 8.42 Å². The minimum atomic E-state index is -3.86. The number of hydrogen-bond acceptors (Lipinski definition) is 7. The van der Waals surface area contributed by atoms with Crippen LogP contribution < -0.4 is 9.46 Å². The van der Waals surface area contributed by atoms with E-state index in [1.54, 1.807) is 60.9 Å². The van der Waals surface area contributed by atoms with E-state index in [1.807, 2.05) is 6.07 Å². The van der Waals surface area contributed by atoms with E-state index in [-0.39, 0.29) is 17.1 Å². The Kier molecular flexibility index (Phi) is 5.44. The van der Waals surface area contributed by atoms with Crippen molar-refractivity contribution in [3.05, 3.63) is 84.5 Å². The first-order valence-electron chi connectivity index (χ1n) is 9.03. The van der Waals surface area contributed by atoms with Crippen LogP contribution in [0.5, 0.6) is 5.75 Å². The Hall–Kier alpha value is -3.72. The van der Waals surface area contributed by atoms with Crippen LogP contribution in [0.25, 0.3) is 11.4 Å². The second kappa shape index (κ2) is 8.34.